The largest absolute Gasteiger partial charge is 0.453 e. The number of nitrogens with one attached hydrogen (secondary N) is 1. The average molecular weight is 536 g/mol. The van der Waals surface area contributed by atoms with Crippen LogP contribution in [0.15, 0.2) is 89.8 Å². The van der Waals surface area contributed by atoms with Gasteiger partial charge in [-0.15, -0.1) is 0 Å². The molecular formula is C30H35N2O5S+. The summed E-state index contributed by atoms with van der Waals surface area (Å²) >= 11 is 0. The van der Waals surface area contributed by atoms with Crippen LogP contribution >= 0.6 is 0 Å². The molecule has 3 aliphatic heterocycles. The van der Waals surface area contributed by atoms with Crippen LogP contribution in [0, 0.1) is 12.8 Å². The van der Waals surface area contributed by atoms with Gasteiger partial charge in [0.15, 0.2) is 6.10 Å². The fourth-order valence-corrected chi connectivity index (χ4v) is 6.89. The molecule has 1 atom stereocenters. The van der Waals surface area contributed by atoms with Gasteiger partial charge in [-0.25, -0.2) is 17.9 Å². The summed E-state index contributed by atoms with van der Waals surface area (Å²) < 4.78 is 35.1. The first-order chi connectivity index (χ1) is 18.2. The average Bonchev–Trinajstić information content (AvgIpc) is 2.94. The number of hydrogen-bond donors (Lipinski definition) is 2. The maximum Gasteiger partial charge on any atom is 0.348 e. The Morgan fingerprint density at radius 3 is 2.05 bits per heavy atom. The standard InChI is InChI=1S/C30H35N2O5S/c1-23-12-14-27(15-13-23)38(35,36)31-18-21-32-19-16-24(17-20-32)28(22-32)37-29(33)30(34,25-8-4-2-5-9-25)26-10-6-3-7-11-26/h2-15,24,28,31,34H,16-22H2,1H3/q+1. The van der Waals surface area contributed by atoms with Crippen LogP contribution in [-0.4, -0.2) is 62.8 Å². The molecule has 0 saturated carbocycles. The number of ether oxygens (including phenoxy) is 1. The number of rotatable bonds is 9. The van der Waals surface area contributed by atoms with E-state index in [0.717, 1.165) is 31.5 Å². The van der Waals surface area contributed by atoms with E-state index in [9.17, 15) is 18.3 Å². The molecule has 3 aromatic carbocycles. The summed E-state index contributed by atoms with van der Waals surface area (Å²) in [5.41, 5.74) is 0.0209. The molecular weight excluding hydrogens is 500 g/mol. The monoisotopic (exact) mass is 535 g/mol. The smallest absolute Gasteiger partial charge is 0.348 e. The van der Waals surface area contributed by atoms with Crippen molar-refractivity contribution in [3.63, 3.8) is 0 Å². The lowest BCUT2D eigenvalue weighted by Gasteiger charge is -2.52. The Balaban J connectivity index is 1.29. The second-order valence-electron chi connectivity index (χ2n) is 10.6. The van der Waals surface area contributed by atoms with Crippen molar-refractivity contribution >= 4 is 16.0 Å². The molecule has 1 unspecified atom stereocenters. The lowest BCUT2D eigenvalue weighted by molar-refractivity contribution is -0.945. The number of benzene rings is 3. The van der Waals surface area contributed by atoms with E-state index in [4.69, 9.17) is 4.74 Å². The van der Waals surface area contributed by atoms with E-state index in [1.165, 1.54) is 0 Å². The highest BCUT2D eigenvalue weighted by molar-refractivity contribution is 7.89. The normalized spacial score (nSPS) is 23.2. The van der Waals surface area contributed by atoms with Gasteiger partial charge in [0.25, 0.3) is 0 Å². The topological polar surface area (TPSA) is 92.7 Å². The lowest BCUT2D eigenvalue weighted by Crippen LogP contribution is -2.66. The highest BCUT2D eigenvalue weighted by Crippen LogP contribution is 2.38. The Morgan fingerprint density at radius 1 is 0.947 bits per heavy atom. The summed E-state index contributed by atoms with van der Waals surface area (Å²) in [4.78, 5) is 13.9. The first kappa shape index (κ1) is 26.6. The Bertz CT molecular complexity index is 1310. The molecule has 0 spiro atoms. The SMILES string of the molecule is Cc1ccc(S(=O)(=O)NCC[N+]23CCC(CC2)C(OC(=O)C(O)(c2ccccc2)c2ccccc2)C3)cc1. The predicted octanol–water partition coefficient (Wildman–Crippen LogP) is 3.36. The third-order valence-electron chi connectivity index (χ3n) is 8.19. The second-order valence-corrected chi connectivity index (χ2v) is 12.4. The van der Waals surface area contributed by atoms with E-state index in [0.29, 0.717) is 35.2 Å². The van der Waals surface area contributed by atoms with E-state index in [-0.39, 0.29) is 16.9 Å². The van der Waals surface area contributed by atoms with E-state index in [2.05, 4.69) is 4.72 Å². The Morgan fingerprint density at radius 2 is 1.50 bits per heavy atom. The maximum absolute atomic E-state index is 13.7. The third kappa shape index (κ3) is 5.27. The van der Waals surface area contributed by atoms with Crippen molar-refractivity contribution in [1.82, 2.24) is 4.72 Å². The summed E-state index contributed by atoms with van der Waals surface area (Å²) in [5.74, 6) is -0.439. The highest BCUT2D eigenvalue weighted by Gasteiger charge is 2.50. The molecule has 3 fully saturated rings. The van der Waals surface area contributed by atoms with Crippen molar-refractivity contribution < 1.29 is 27.5 Å². The van der Waals surface area contributed by atoms with Crippen molar-refractivity contribution in [3.8, 4) is 0 Å². The van der Waals surface area contributed by atoms with E-state index in [1.54, 1.807) is 72.8 Å². The first-order valence-electron chi connectivity index (χ1n) is 13.2. The molecule has 0 amide bonds. The molecule has 6 rings (SSSR count). The van der Waals surface area contributed by atoms with Crippen LogP contribution in [0.3, 0.4) is 0 Å². The number of carbonyl (C=O) groups excluding carboxylic acids is 1. The summed E-state index contributed by atoms with van der Waals surface area (Å²) in [6, 6.07) is 24.6. The van der Waals surface area contributed by atoms with Crippen LogP contribution in [0.4, 0.5) is 0 Å². The number of aryl methyl sites for hydroxylation is 1. The van der Waals surface area contributed by atoms with Gasteiger partial charge in [0.2, 0.25) is 15.6 Å². The molecule has 200 valence electrons. The Kier molecular flexibility index (Phi) is 7.42. The number of carbonyl (C=O) groups is 1. The Hall–Kier alpha value is -3.04. The lowest BCUT2D eigenvalue weighted by atomic mass is 9.82. The van der Waals surface area contributed by atoms with Gasteiger partial charge >= 0.3 is 5.97 Å². The molecule has 3 aliphatic rings. The molecule has 38 heavy (non-hydrogen) atoms. The van der Waals surface area contributed by atoms with Gasteiger partial charge in [-0.05, 0) is 30.2 Å². The summed E-state index contributed by atoms with van der Waals surface area (Å²) in [7, 11) is -3.59. The van der Waals surface area contributed by atoms with Gasteiger partial charge in [-0.2, -0.15) is 0 Å². The fraction of sp³-hybridized carbons (Fsp3) is 0.367. The number of esters is 1. The number of quaternary nitrogens is 1. The molecule has 0 aromatic heterocycles. The van der Waals surface area contributed by atoms with Crippen LogP contribution in [0.2, 0.25) is 0 Å². The van der Waals surface area contributed by atoms with Gasteiger partial charge in [0, 0.05) is 18.8 Å². The van der Waals surface area contributed by atoms with E-state index < -0.39 is 21.6 Å². The molecule has 7 nitrogen and oxygen atoms in total. The molecule has 2 bridgehead atoms. The molecule has 3 heterocycles. The molecule has 0 radical (unpaired) electrons. The van der Waals surface area contributed by atoms with E-state index >= 15 is 0 Å². The molecule has 8 heteroatoms. The van der Waals surface area contributed by atoms with E-state index in [1.807, 2.05) is 19.1 Å². The van der Waals surface area contributed by atoms with Crippen molar-refractivity contribution in [2.75, 3.05) is 32.7 Å². The Labute approximate surface area is 224 Å². The first-order valence-corrected chi connectivity index (χ1v) is 14.7. The zero-order valence-electron chi connectivity index (χ0n) is 21.6. The quantitative estimate of drug-likeness (QED) is 0.324. The zero-order valence-corrected chi connectivity index (χ0v) is 22.4. The molecule has 3 saturated heterocycles. The van der Waals surface area contributed by atoms with Gasteiger partial charge in [0.05, 0.1) is 31.1 Å². The van der Waals surface area contributed by atoms with Crippen molar-refractivity contribution in [2.24, 2.45) is 5.92 Å². The minimum absolute atomic E-state index is 0.235. The van der Waals surface area contributed by atoms with Crippen LogP contribution in [0.25, 0.3) is 0 Å². The number of hydrogen-bond acceptors (Lipinski definition) is 5. The van der Waals surface area contributed by atoms with Gasteiger partial charge in [0.1, 0.15) is 6.54 Å². The second kappa shape index (κ2) is 10.6. The number of piperidine rings is 3. The van der Waals surface area contributed by atoms with Crippen LogP contribution in [0.5, 0.6) is 0 Å². The van der Waals surface area contributed by atoms with Crippen molar-refractivity contribution in [3.05, 3.63) is 102 Å². The summed E-state index contributed by atoms with van der Waals surface area (Å²) in [5, 5.41) is 11.8. The summed E-state index contributed by atoms with van der Waals surface area (Å²) in [6.07, 6.45) is 1.47. The van der Waals surface area contributed by atoms with Gasteiger partial charge in [-0.3, -0.25) is 0 Å². The van der Waals surface area contributed by atoms with Crippen LogP contribution < -0.4 is 4.72 Å². The fourth-order valence-electron chi connectivity index (χ4n) is 5.87. The number of nitrogens with zero attached hydrogens (tertiary/aromatic N) is 1. The maximum atomic E-state index is 13.7. The van der Waals surface area contributed by atoms with Gasteiger partial charge < -0.3 is 14.3 Å². The van der Waals surface area contributed by atoms with Crippen molar-refractivity contribution in [1.29, 1.82) is 0 Å². The third-order valence-corrected chi connectivity index (χ3v) is 9.66. The van der Waals surface area contributed by atoms with Crippen LogP contribution in [0.1, 0.15) is 29.5 Å². The van der Waals surface area contributed by atoms with Crippen molar-refractivity contribution in [2.45, 2.75) is 36.4 Å². The molecule has 2 N–H and O–H groups in total. The zero-order chi connectivity index (χ0) is 26.8. The summed E-state index contributed by atoms with van der Waals surface area (Å²) in [6.45, 7) is 5.30. The molecule has 3 aromatic rings. The molecule has 0 aliphatic carbocycles. The van der Waals surface area contributed by atoms with Crippen LogP contribution in [-0.2, 0) is 25.2 Å². The minimum Gasteiger partial charge on any atom is -0.453 e. The number of fused-ring (bicyclic) bond motifs is 3. The van der Waals surface area contributed by atoms with Gasteiger partial charge in [-0.1, -0.05) is 78.4 Å². The highest BCUT2D eigenvalue weighted by atomic mass is 32.2. The predicted molar refractivity (Wildman–Crippen MR) is 145 cm³/mol. The minimum atomic E-state index is -3.59. The number of aliphatic hydroxyl groups is 1. The number of sulfonamides is 1.